The maximum Gasteiger partial charge on any atom is 0.0537 e. The molecule has 1 aromatic heterocycles. The average molecular weight is 191 g/mol. The molecule has 1 aromatic rings. The van der Waals surface area contributed by atoms with Gasteiger partial charge in [-0.25, -0.2) is 0 Å². The lowest BCUT2D eigenvalue weighted by Crippen LogP contribution is -2.42. The first-order valence-corrected chi connectivity index (χ1v) is 5.54. The van der Waals surface area contributed by atoms with Crippen molar-refractivity contribution in [1.29, 1.82) is 0 Å². The standard InChI is InChI=1S/C11H17N3/c1-14-10-9(7-13-14)6-12-8-11(10)4-2-3-5-11/h7,12H,2-6,8H2,1H3. The largest absolute Gasteiger partial charge is 0.312 e. The molecular formula is C11H17N3. The van der Waals surface area contributed by atoms with Gasteiger partial charge in [-0.1, -0.05) is 12.8 Å². The Labute approximate surface area is 84.5 Å². The second-order valence-corrected chi connectivity index (χ2v) is 4.73. The molecule has 1 aliphatic heterocycles. The van der Waals surface area contributed by atoms with Gasteiger partial charge in [0.2, 0.25) is 0 Å². The van der Waals surface area contributed by atoms with Crippen molar-refractivity contribution in [2.75, 3.05) is 6.54 Å². The van der Waals surface area contributed by atoms with Crippen molar-refractivity contribution in [3.63, 3.8) is 0 Å². The summed E-state index contributed by atoms with van der Waals surface area (Å²) in [6.45, 7) is 2.16. The van der Waals surface area contributed by atoms with E-state index in [0.29, 0.717) is 5.41 Å². The highest BCUT2D eigenvalue weighted by molar-refractivity contribution is 5.31. The third-order valence-electron chi connectivity index (χ3n) is 3.86. The normalized spacial score (nSPS) is 24.1. The average Bonchev–Trinajstić information content (AvgIpc) is 2.76. The van der Waals surface area contributed by atoms with Gasteiger partial charge in [-0.05, 0) is 12.8 Å². The highest BCUT2D eigenvalue weighted by Crippen LogP contribution is 2.43. The van der Waals surface area contributed by atoms with Crippen LogP contribution in [0.3, 0.4) is 0 Å². The first-order chi connectivity index (χ1) is 6.82. The van der Waals surface area contributed by atoms with Gasteiger partial charge >= 0.3 is 0 Å². The molecule has 0 atom stereocenters. The minimum atomic E-state index is 0.416. The van der Waals surface area contributed by atoms with Crippen LogP contribution < -0.4 is 5.32 Å². The summed E-state index contributed by atoms with van der Waals surface area (Å²) >= 11 is 0. The zero-order valence-corrected chi connectivity index (χ0v) is 8.71. The van der Waals surface area contributed by atoms with Gasteiger partial charge in [0.25, 0.3) is 0 Å². The van der Waals surface area contributed by atoms with Crippen LogP contribution in [0.2, 0.25) is 0 Å². The van der Waals surface area contributed by atoms with Crippen molar-refractivity contribution >= 4 is 0 Å². The van der Waals surface area contributed by atoms with Crippen LogP contribution in [-0.2, 0) is 19.0 Å². The van der Waals surface area contributed by atoms with E-state index in [0.717, 1.165) is 13.1 Å². The minimum absolute atomic E-state index is 0.416. The molecular weight excluding hydrogens is 174 g/mol. The fourth-order valence-electron chi connectivity index (χ4n) is 3.28. The number of aryl methyl sites for hydroxylation is 1. The molecule has 2 aliphatic rings. The van der Waals surface area contributed by atoms with E-state index in [9.17, 15) is 0 Å². The quantitative estimate of drug-likeness (QED) is 0.670. The van der Waals surface area contributed by atoms with E-state index in [1.807, 2.05) is 6.20 Å². The number of aromatic nitrogens is 2. The van der Waals surface area contributed by atoms with E-state index >= 15 is 0 Å². The molecule has 2 heterocycles. The maximum atomic E-state index is 4.39. The monoisotopic (exact) mass is 191 g/mol. The second-order valence-electron chi connectivity index (χ2n) is 4.73. The van der Waals surface area contributed by atoms with Gasteiger partial charge in [0.1, 0.15) is 0 Å². The third-order valence-corrected chi connectivity index (χ3v) is 3.86. The zero-order valence-electron chi connectivity index (χ0n) is 8.71. The molecule has 76 valence electrons. The fraction of sp³-hybridized carbons (Fsp3) is 0.727. The van der Waals surface area contributed by atoms with Gasteiger partial charge in [-0.2, -0.15) is 5.10 Å². The van der Waals surface area contributed by atoms with Crippen molar-refractivity contribution in [3.05, 3.63) is 17.5 Å². The Hall–Kier alpha value is -0.830. The molecule has 1 N–H and O–H groups in total. The lowest BCUT2D eigenvalue weighted by atomic mass is 9.78. The van der Waals surface area contributed by atoms with Crippen molar-refractivity contribution in [1.82, 2.24) is 15.1 Å². The van der Waals surface area contributed by atoms with Crippen LogP contribution in [0.4, 0.5) is 0 Å². The van der Waals surface area contributed by atoms with Crippen LogP contribution in [0.25, 0.3) is 0 Å². The number of hydrogen-bond donors (Lipinski definition) is 1. The van der Waals surface area contributed by atoms with Crippen molar-refractivity contribution in [2.45, 2.75) is 37.6 Å². The van der Waals surface area contributed by atoms with E-state index in [4.69, 9.17) is 0 Å². The van der Waals surface area contributed by atoms with E-state index < -0.39 is 0 Å². The number of nitrogens with one attached hydrogen (secondary N) is 1. The number of fused-ring (bicyclic) bond motifs is 2. The van der Waals surface area contributed by atoms with Crippen molar-refractivity contribution in [2.24, 2.45) is 7.05 Å². The Balaban J connectivity index is 2.13. The molecule has 1 aliphatic carbocycles. The van der Waals surface area contributed by atoms with Gasteiger partial charge in [-0.3, -0.25) is 4.68 Å². The van der Waals surface area contributed by atoms with Crippen LogP contribution >= 0.6 is 0 Å². The summed E-state index contributed by atoms with van der Waals surface area (Å²) in [5.41, 5.74) is 3.34. The molecule has 0 aromatic carbocycles. The lowest BCUT2D eigenvalue weighted by Gasteiger charge is -2.34. The van der Waals surface area contributed by atoms with Gasteiger partial charge < -0.3 is 5.32 Å². The van der Waals surface area contributed by atoms with E-state index in [-0.39, 0.29) is 0 Å². The van der Waals surface area contributed by atoms with Crippen molar-refractivity contribution < 1.29 is 0 Å². The number of rotatable bonds is 0. The van der Waals surface area contributed by atoms with E-state index in [2.05, 4.69) is 22.1 Å². The number of hydrogen-bond acceptors (Lipinski definition) is 2. The lowest BCUT2D eigenvalue weighted by molar-refractivity contribution is 0.353. The summed E-state index contributed by atoms with van der Waals surface area (Å²) in [4.78, 5) is 0. The highest BCUT2D eigenvalue weighted by Gasteiger charge is 2.41. The minimum Gasteiger partial charge on any atom is -0.312 e. The van der Waals surface area contributed by atoms with Crippen LogP contribution in [0.1, 0.15) is 36.9 Å². The first kappa shape index (κ1) is 8.48. The van der Waals surface area contributed by atoms with Crippen molar-refractivity contribution in [3.8, 4) is 0 Å². The SMILES string of the molecule is Cn1ncc2c1C1(CCCC1)CNC2. The molecule has 3 nitrogen and oxygen atoms in total. The summed E-state index contributed by atoms with van der Waals surface area (Å²) in [5, 5.41) is 7.93. The molecule has 1 fully saturated rings. The summed E-state index contributed by atoms with van der Waals surface area (Å²) in [6, 6.07) is 0. The topological polar surface area (TPSA) is 29.9 Å². The molecule has 1 saturated carbocycles. The smallest absolute Gasteiger partial charge is 0.0537 e. The molecule has 0 amide bonds. The molecule has 3 heteroatoms. The molecule has 0 bridgehead atoms. The van der Waals surface area contributed by atoms with E-state index in [1.165, 1.54) is 36.9 Å². The van der Waals surface area contributed by atoms with Gasteiger partial charge in [0.05, 0.1) is 6.20 Å². The van der Waals surface area contributed by atoms with Crippen LogP contribution in [-0.4, -0.2) is 16.3 Å². The predicted molar refractivity (Wildman–Crippen MR) is 55.1 cm³/mol. The van der Waals surface area contributed by atoms with Gasteiger partial charge in [0, 0.05) is 36.8 Å². The van der Waals surface area contributed by atoms with Crippen LogP contribution in [0.15, 0.2) is 6.20 Å². The Bertz CT molecular complexity index is 347. The maximum absolute atomic E-state index is 4.39. The van der Waals surface area contributed by atoms with Gasteiger partial charge in [-0.15, -0.1) is 0 Å². The van der Waals surface area contributed by atoms with Gasteiger partial charge in [0.15, 0.2) is 0 Å². The van der Waals surface area contributed by atoms with E-state index in [1.54, 1.807) is 0 Å². The Morgan fingerprint density at radius 1 is 1.43 bits per heavy atom. The molecule has 0 radical (unpaired) electrons. The summed E-state index contributed by atoms with van der Waals surface area (Å²) in [5.74, 6) is 0. The van der Waals surface area contributed by atoms with Crippen LogP contribution in [0, 0.1) is 0 Å². The molecule has 14 heavy (non-hydrogen) atoms. The molecule has 0 saturated heterocycles. The molecule has 1 spiro atoms. The fourth-order valence-corrected chi connectivity index (χ4v) is 3.28. The predicted octanol–water partition coefficient (Wildman–Crippen LogP) is 1.34. The third kappa shape index (κ3) is 0.989. The summed E-state index contributed by atoms with van der Waals surface area (Å²) in [7, 11) is 2.09. The zero-order chi connectivity index (χ0) is 9.60. The summed E-state index contributed by atoms with van der Waals surface area (Å²) < 4.78 is 2.10. The Morgan fingerprint density at radius 2 is 2.21 bits per heavy atom. The molecule has 3 rings (SSSR count). The second kappa shape index (κ2) is 2.83. The Kier molecular flexibility index (Phi) is 1.71. The first-order valence-electron chi connectivity index (χ1n) is 5.54. The number of nitrogens with zero attached hydrogens (tertiary/aromatic N) is 2. The summed E-state index contributed by atoms with van der Waals surface area (Å²) in [6.07, 6.45) is 7.47. The van der Waals surface area contributed by atoms with Crippen LogP contribution in [0.5, 0.6) is 0 Å². The Morgan fingerprint density at radius 3 is 3.00 bits per heavy atom. The molecule has 0 unspecified atom stereocenters. The highest BCUT2D eigenvalue weighted by atomic mass is 15.3.